The van der Waals surface area contributed by atoms with Gasteiger partial charge in [-0.2, -0.15) is 0 Å². The van der Waals surface area contributed by atoms with Crippen molar-refractivity contribution in [2.45, 2.75) is 6.42 Å². The van der Waals surface area contributed by atoms with Gasteiger partial charge < -0.3 is 10.2 Å². The lowest BCUT2D eigenvalue weighted by atomic mass is 10.1. The van der Waals surface area contributed by atoms with Crippen molar-refractivity contribution in [3.05, 3.63) is 17.4 Å². The third-order valence-corrected chi connectivity index (χ3v) is 2.86. The molecular weight excluding hydrogens is 212 g/mol. The van der Waals surface area contributed by atoms with Crippen LogP contribution < -0.4 is 10.2 Å². The Hall–Kier alpha value is -0.870. The van der Waals surface area contributed by atoms with E-state index in [1.54, 1.807) is 12.3 Å². The van der Waals surface area contributed by atoms with Crippen LogP contribution in [0.2, 0.25) is 5.15 Å². The molecule has 1 saturated heterocycles. The van der Waals surface area contributed by atoms with Gasteiger partial charge in [-0.3, -0.25) is 0 Å². The Balaban J connectivity index is 1.97. The number of nitrogens with one attached hydrogen (secondary N) is 1. The Morgan fingerprint density at radius 3 is 3.20 bits per heavy atom. The zero-order valence-electron chi connectivity index (χ0n) is 8.78. The average Bonchev–Trinajstić information content (AvgIpc) is 2.70. The van der Waals surface area contributed by atoms with Gasteiger partial charge in [-0.1, -0.05) is 11.6 Å². The fourth-order valence-electron chi connectivity index (χ4n) is 1.85. The molecule has 2 rings (SSSR count). The number of halogens is 1. The summed E-state index contributed by atoms with van der Waals surface area (Å²) in [7, 11) is 2.00. The maximum atomic E-state index is 5.82. The first-order valence-electron chi connectivity index (χ1n) is 5.16. The predicted molar refractivity (Wildman–Crippen MR) is 61.3 cm³/mol. The van der Waals surface area contributed by atoms with Gasteiger partial charge in [-0.25, -0.2) is 9.97 Å². The lowest BCUT2D eigenvalue weighted by Gasteiger charge is -2.20. The highest BCUT2D eigenvalue weighted by atomic mass is 35.5. The fourth-order valence-corrected chi connectivity index (χ4v) is 1.98. The number of aromatic nitrogens is 2. The first kappa shape index (κ1) is 10.6. The van der Waals surface area contributed by atoms with E-state index >= 15 is 0 Å². The average molecular weight is 227 g/mol. The molecule has 1 aliphatic heterocycles. The molecule has 1 N–H and O–H groups in total. The normalized spacial score (nSPS) is 20.5. The molecule has 15 heavy (non-hydrogen) atoms. The first-order valence-corrected chi connectivity index (χ1v) is 5.54. The molecule has 1 aromatic heterocycles. The van der Waals surface area contributed by atoms with Crippen molar-refractivity contribution in [1.82, 2.24) is 15.3 Å². The molecule has 1 atom stereocenters. The van der Waals surface area contributed by atoms with Gasteiger partial charge >= 0.3 is 0 Å². The van der Waals surface area contributed by atoms with Crippen molar-refractivity contribution in [3.8, 4) is 0 Å². The Labute approximate surface area is 94.7 Å². The van der Waals surface area contributed by atoms with E-state index in [0.29, 0.717) is 17.0 Å². The molecule has 1 aromatic rings. The molecule has 0 aliphatic carbocycles. The Kier molecular flexibility index (Phi) is 3.38. The van der Waals surface area contributed by atoms with Crippen LogP contribution in [-0.4, -0.2) is 36.6 Å². The molecule has 82 valence electrons. The van der Waals surface area contributed by atoms with Crippen LogP contribution >= 0.6 is 11.6 Å². The molecule has 5 heteroatoms. The minimum Gasteiger partial charge on any atom is -0.344 e. The monoisotopic (exact) mass is 226 g/mol. The summed E-state index contributed by atoms with van der Waals surface area (Å²) < 4.78 is 0. The van der Waals surface area contributed by atoms with Gasteiger partial charge in [0.1, 0.15) is 5.15 Å². The van der Waals surface area contributed by atoms with Crippen molar-refractivity contribution in [3.63, 3.8) is 0 Å². The second kappa shape index (κ2) is 4.77. The van der Waals surface area contributed by atoms with Crippen molar-refractivity contribution in [1.29, 1.82) is 0 Å². The highest BCUT2D eigenvalue weighted by molar-refractivity contribution is 6.29. The van der Waals surface area contributed by atoms with E-state index in [9.17, 15) is 0 Å². The van der Waals surface area contributed by atoms with E-state index in [1.807, 2.05) is 7.05 Å². The SMILES string of the molecule is CN(CC1CCNC1)c1nccc(Cl)n1. The lowest BCUT2D eigenvalue weighted by Crippen LogP contribution is -2.28. The second-order valence-corrected chi connectivity index (χ2v) is 4.31. The van der Waals surface area contributed by atoms with Crippen LogP contribution in [0.25, 0.3) is 0 Å². The fraction of sp³-hybridized carbons (Fsp3) is 0.600. The van der Waals surface area contributed by atoms with Gasteiger partial charge in [0, 0.05) is 19.8 Å². The van der Waals surface area contributed by atoms with Crippen LogP contribution in [0.3, 0.4) is 0 Å². The summed E-state index contributed by atoms with van der Waals surface area (Å²) in [5.41, 5.74) is 0. The molecule has 0 bridgehead atoms. The number of rotatable bonds is 3. The summed E-state index contributed by atoms with van der Waals surface area (Å²) in [6.45, 7) is 3.19. The van der Waals surface area contributed by atoms with Crippen molar-refractivity contribution in [2.24, 2.45) is 5.92 Å². The van der Waals surface area contributed by atoms with Crippen molar-refractivity contribution >= 4 is 17.5 Å². The van der Waals surface area contributed by atoms with Gasteiger partial charge in [0.05, 0.1) is 0 Å². The quantitative estimate of drug-likeness (QED) is 0.786. The summed E-state index contributed by atoms with van der Waals surface area (Å²) in [5, 5.41) is 3.84. The summed E-state index contributed by atoms with van der Waals surface area (Å²) in [5.74, 6) is 1.40. The largest absolute Gasteiger partial charge is 0.344 e. The maximum absolute atomic E-state index is 5.82. The standard InChI is InChI=1S/C10H15ClN4/c1-15(7-8-2-4-12-6-8)10-13-5-3-9(11)14-10/h3,5,8,12H,2,4,6-7H2,1H3. The van der Waals surface area contributed by atoms with Gasteiger partial charge in [0.2, 0.25) is 5.95 Å². The van der Waals surface area contributed by atoms with Crippen molar-refractivity contribution < 1.29 is 0 Å². The van der Waals surface area contributed by atoms with Gasteiger partial charge in [0.25, 0.3) is 0 Å². The molecule has 4 nitrogen and oxygen atoms in total. The number of nitrogens with zero attached hydrogens (tertiary/aromatic N) is 3. The molecule has 0 aromatic carbocycles. The second-order valence-electron chi connectivity index (χ2n) is 3.92. The smallest absolute Gasteiger partial charge is 0.226 e. The highest BCUT2D eigenvalue weighted by Gasteiger charge is 2.17. The van der Waals surface area contributed by atoms with Crippen molar-refractivity contribution in [2.75, 3.05) is 31.6 Å². The highest BCUT2D eigenvalue weighted by Crippen LogP contribution is 2.14. The van der Waals surface area contributed by atoms with E-state index in [2.05, 4.69) is 20.2 Å². The van der Waals surface area contributed by atoms with E-state index in [0.717, 1.165) is 19.6 Å². The number of anilines is 1. The Bertz CT molecular complexity index is 325. The predicted octanol–water partition coefficient (Wildman–Crippen LogP) is 1.18. The molecule has 0 amide bonds. The van der Waals surface area contributed by atoms with E-state index in [1.165, 1.54) is 6.42 Å². The lowest BCUT2D eigenvalue weighted by molar-refractivity contribution is 0.573. The first-order chi connectivity index (χ1) is 7.25. The minimum absolute atomic E-state index is 0.497. The summed E-state index contributed by atoms with van der Waals surface area (Å²) in [4.78, 5) is 10.4. The van der Waals surface area contributed by atoms with Gasteiger partial charge in [-0.15, -0.1) is 0 Å². The molecule has 1 fully saturated rings. The maximum Gasteiger partial charge on any atom is 0.226 e. The van der Waals surface area contributed by atoms with Crippen LogP contribution in [0.15, 0.2) is 12.3 Å². The van der Waals surface area contributed by atoms with E-state index in [-0.39, 0.29) is 0 Å². The Morgan fingerprint density at radius 2 is 2.53 bits per heavy atom. The molecule has 2 heterocycles. The molecule has 1 unspecified atom stereocenters. The van der Waals surface area contributed by atoms with Crippen LogP contribution in [0.1, 0.15) is 6.42 Å². The summed E-state index contributed by atoms with van der Waals surface area (Å²) in [6, 6.07) is 1.69. The minimum atomic E-state index is 0.497. The topological polar surface area (TPSA) is 41.0 Å². The molecular formula is C10H15ClN4. The van der Waals surface area contributed by atoms with Crippen LogP contribution in [0.5, 0.6) is 0 Å². The van der Waals surface area contributed by atoms with E-state index < -0.39 is 0 Å². The third kappa shape index (κ3) is 2.79. The van der Waals surface area contributed by atoms with Gasteiger partial charge in [-0.05, 0) is 31.5 Å². The van der Waals surface area contributed by atoms with E-state index in [4.69, 9.17) is 11.6 Å². The zero-order chi connectivity index (χ0) is 10.7. The molecule has 0 radical (unpaired) electrons. The molecule has 0 saturated carbocycles. The van der Waals surface area contributed by atoms with Gasteiger partial charge in [0.15, 0.2) is 0 Å². The van der Waals surface area contributed by atoms with Crippen LogP contribution in [-0.2, 0) is 0 Å². The number of hydrogen-bond donors (Lipinski definition) is 1. The van der Waals surface area contributed by atoms with Crippen LogP contribution in [0, 0.1) is 5.92 Å². The zero-order valence-corrected chi connectivity index (χ0v) is 9.54. The molecule has 1 aliphatic rings. The summed E-state index contributed by atoms with van der Waals surface area (Å²) >= 11 is 5.82. The molecule has 0 spiro atoms. The number of hydrogen-bond acceptors (Lipinski definition) is 4. The Morgan fingerprint density at radius 1 is 1.67 bits per heavy atom. The third-order valence-electron chi connectivity index (χ3n) is 2.64. The van der Waals surface area contributed by atoms with Crippen LogP contribution in [0.4, 0.5) is 5.95 Å². The summed E-state index contributed by atoms with van der Waals surface area (Å²) in [6.07, 6.45) is 2.92.